The normalized spacial score (nSPS) is 10.8. The van der Waals surface area contributed by atoms with Crippen LogP contribution in [0.4, 0.5) is 0 Å². The predicted molar refractivity (Wildman–Crippen MR) is 123 cm³/mol. The van der Waals surface area contributed by atoms with E-state index in [4.69, 9.17) is 18.9 Å². The average Bonchev–Trinajstić information content (AvgIpc) is 2.79. The van der Waals surface area contributed by atoms with Gasteiger partial charge in [-0.2, -0.15) is 0 Å². The lowest BCUT2D eigenvalue weighted by molar-refractivity contribution is -0.144. The molecule has 3 rings (SSSR count). The fourth-order valence-electron chi connectivity index (χ4n) is 3.19. The van der Waals surface area contributed by atoms with E-state index in [0.29, 0.717) is 24.3 Å². The summed E-state index contributed by atoms with van der Waals surface area (Å²) in [7, 11) is 0. The van der Waals surface area contributed by atoms with Gasteiger partial charge in [-0.1, -0.05) is 54.0 Å². The Morgan fingerprint density at radius 2 is 1.19 bits per heavy atom. The maximum Gasteiger partial charge on any atom is 0.305 e. The maximum absolute atomic E-state index is 11.4. The second-order valence-electron chi connectivity index (χ2n) is 6.74. The van der Waals surface area contributed by atoms with E-state index in [-0.39, 0.29) is 38.4 Å². The van der Waals surface area contributed by atoms with Crippen molar-refractivity contribution in [2.75, 3.05) is 26.4 Å². The largest absolute Gasteiger partial charge is 0.489 e. The van der Waals surface area contributed by atoms with E-state index in [1.165, 1.54) is 0 Å². The highest BCUT2D eigenvalue weighted by Gasteiger charge is 2.17. The molecule has 0 atom stereocenters. The van der Waals surface area contributed by atoms with Crippen molar-refractivity contribution in [2.24, 2.45) is 0 Å². The Kier molecular flexibility index (Phi) is 8.12. The van der Waals surface area contributed by atoms with Crippen LogP contribution >= 0.6 is 15.9 Å². The first-order valence-electron chi connectivity index (χ1n) is 10.3. The molecule has 0 aromatic heterocycles. The van der Waals surface area contributed by atoms with E-state index in [1.54, 1.807) is 13.8 Å². The summed E-state index contributed by atoms with van der Waals surface area (Å²) in [4.78, 5) is 22.8. The zero-order valence-electron chi connectivity index (χ0n) is 17.6. The minimum Gasteiger partial charge on any atom is -0.489 e. The lowest BCUT2D eigenvalue weighted by atomic mass is 10.0. The number of hydrogen-bond donors (Lipinski definition) is 0. The van der Waals surface area contributed by atoms with Gasteiger partial charge in [-0.05, 0) is 18.2 Å². The summed E-state index contributed by atoms with van der Waals surface area (Å²) < 4.78 is 23.3. The highest BCUT2D eigenvalue weighted by molar-refractivity contribution is 9.10. The molecule has 7 heteroatoms. The molecule has 0 saturated heterocycles. The number of carbonyl (C=O) groups is 2. The van der Waals surface area contributed by atoms with Gasteiger partial charge in [0.25, 0.3) is 0 Å². The quantitative estimate of drug-likeness (QED) is 0.215. The van der Waals surface area contributed by atoms with Gasteiger partial charge in [0.05, 0.1) is 0 Å². The first kappa shape index (κ1) is 22.9. The Hall–Kier alpha value is -2.80. The van der Waals surface area contributed by atoms with Crippen molar-refractivity contribution in [2.45, 2.75) is 26.7 Å². The van der Waals surface area contributed by atoms with Crippen molar-refractivity contribution in [1.82, 2.24) is 0 Å². The Labute approximate surface area is 189 Å². The van der Waals surface area contributed by atoms with Gasteiger partial charge in [0.2, 0.25) is 0 Å². The summed E-state index contributed by atoms with van der Waals surface area (Å²) in [6, 6.07) is 13.7. The van der Waals surface area contributed by atoms with Crippen molar-refractivity contribution >= 4 is 49.4 Å². The number of esters is 2. The number of hydrogen-bond acceptors (Lipinski definition) is 6. The van der Waals surface area contributed by atoms with Gasteiger partial charge in [0.15, 0.2) is 0 Å². The lowest BCUT2D eigenvalue weighted by Crippen LogP contribution is -2.12. The number of carbonyl (C=O) groups excluding carboxylic acids is 2. The minimum absolute atomic E-state index is 0.178. The molecule has 0 amide bonds. The molecule has 0 aliphatic carbocycles. The van der Waals surface area contributed by atoms with Gasteiger partial charge >= 0.3 is 11.9 Å². The van der Waals surface area contributed by atoms with Gasteiger partial charge in [0, 0.05) is 38.9 Å². The van der Waals surface area contributed by atoms with Crippen LogP contribution in [0.25, 0.3) is 21.5 Å². The molecule has 0 unspecified atom stereocenters. The highest BCUT2D eigenvalue weighted by atomic mass is 79.9. The molecule has 31 heavy (non-hydrogen) atoms. The van der Waals surface area contributed by atoms with Crippen molar-refractivity contribution in [1.29, 1.82) is 0 Å². The van der Waals surface area contributed by atoms with Crippen LogP contribution in [0, 0.1) is 0 Å². The summed E-state index contributed by atoms with van der Waals surface area (Å²) in [5.74, 6) is 0.892. The topological polar surface area (TPSA) is 71.1 Å². The number of rotatable bonds is 10. The molecule has 0 heterocycles. The van der Waals surface area contributed by atoms with Crippen LogP contribution in [-0.4, -0.2) is 38.4 Å². The third kappa shape index (κ3) is 5.67. The van der Waals surface area contributed by atoms with E-state index in [1.807, 2.05) is 42.5 Å². The summed E-state index contributed by atoms with van der Waals surface area (Å²) in [5, 5.41) is 3.52. The van der Waals surface area contributed by atoms with Crippen LogP contribution in [0.1, 0.15) is 26.7 Å². The van der Waals surface area contributed by atoms with Crippen LogP contribution in [0.15, 0.2) is 46.9 Å². The number of halogens is 1. The van der Waals surface area contributed by atoms with E-state index in [9.17, 15) is 9.59 Å². The number of fused-ring (bicyclic) bond motifs is 2. The Morgan fingerprint density at radius 3 is 1.71 bits per heavy atom. The first-order chi connectivity index (χ1) is 15.0. The predicted octanol–water partition coefficient (Wildman–Crippen LogP) is 5.42. The second kappa shape index (κ2) is 11.0. The zero-order chi connectivity index (χ0) is 22.2. The molecule has 0 bridgehead atoms. The van der Waals surface area contributed by atoms with Crippen molar-refractivity contribution in [3.05, 3.63) is 46.9 Å². The molecule has 3 aromatic rings. The van der Waals surface area contributed by atoms with Crippen molar-refractivity contribution in [3.63, 3.8) is 0 Å². The lowest BCUT2D eigenvalue weighted by Gasteiger charge is -2.18. The van der Waals surface area contributed by atoms with Crippen LogP contribution in [0.3, 0.4) is 0 Å². The van der Waals surface area contributed by atoms with E-state index in [0.717, 1.165) is 26.0 Å². The molecule has 0 saturated carbocycles. The third-order valence-corrected chi connectivity index (χ3v) is 5.14. The second-order valence-corrected chi connectivity index (χ2v) is 7.65. The van der Waals surface area contributed by atoms with Crippen molar-refractivity contribution < 1.29 is 28.5 Å². The molecule has 0 spiro atoms. The summed E-state index contributed by atoms with van der Waals surface area (Å²) in [6.07, 6.45) is 0.665. The Morgan fingerprint density at radius 1 is 0.710 bits per heavy atom. The van der Waals surface area contributed by atoms with E-state index >= 15 is 0 Å². The molecule has 0 aliphatic heterocycles. The first-order valence-corrected chi connectivity index (χ1v) is 11.0. The van der Waals surface area contributed by atoms with Gasteiger partial charge in [-0.15, -0.1) is 0 Å². The SMILES string of the molecule is CCC(=O)OCCOc1c2ccccc2c(OCCOC(=O)CC)c2cc(Br)ccc12. The minimum atomic E-state index is -0.256. The molecule has 0 radical (unpaired) electrons. The molecule has 6 nitrogen and oxygen atoms in total. The molecule has 0 aliphatic rings. The Bertz CT molecular complexity index is 1080. The van der Waals surface area contributed by atoms with Crippen molar-refractivity contribution in [3.8, 4) is 11.5 Å². The van der Waals surface area contributed by atoms with E-state index < -0.39 is 0 Å². The smallest absolute Gasteiger partial charge is 0.305 e. The molecule has 0 N–H and O–H groups in total. The fourth-order valence-corrected chi connectivity index (χ4v) is 3.55. The fraction of sp³-hybridized carbons (Fsp3) is 0.333. The molecule has 3 aromatic carbocycles. The molecule has 164 valence electrons. The average molecular weight is 489 g/mol. The standard InChI is InChI=1S/C24H25BrO6/c1-3-21(26)28-11-13-30-23-17-7-5-6-8-18(17)24(31-14-12-29-22(27)4-2)20-15-16(25)9-10-19(20)23/h5-10,15H,3-4,11-14H2,1-2H3. The molecular weight excluding hydrogens is 464 g/mol. The van der Waals surface area contributed by atoms with Crippen LogP contribution < -0.4 is 9.47 Å². The van der Waals surface area contributed by atoms with Crippen LogP contribution in [0.5, 0.6) is 11.5 Å². The van der Waals surface area contributed by atoms with Gasteiger partial charge in [0.1, 0.15) is 37.9 Å². The summed E-state index contributed by atoms with van der Waals surface area (Å²) in [6.45, 7) is 4.35. The van der Waals surface area contributed by atoms with Gasteiger partial charge in [-0.3, -0.25) is 9.59 Å². The number of benzene rings is 3. The molecular formula is C24H25BrO6. The number of ether oxygens (including phenoxy) is 4. The van der Waals surface area contributed by atoms with E-state index in [2.05, 4.69) is 15.9 Å². The Balaban J connectivity index is 1.95. The highest BCUT2D eigenvalue weighted by Crippen LogP contribution is 2.43. The summed E-state index contributed by atoms with van der Waals surface area (Å²) >= 11 is 3.53. The monoisotopic (exact) mass is 488 g/mol. The zero-order valence-corrected chi connectivity index (χ0v) is 19.2. The summed E-state index contributed by atoms with van der Waals surface area (Å²) in [5.41, 5.74) is 0. The van der Waals surface area contributed by atoms with Crippen LogP contribution in [-0.2, 0) is 19.1 Å². The molecule has 0 fully saturated rings. The third-order valence-electron chi connectivity index (χ3n) is 4.65. The van der Waals surface area contributed by atoms with Gasteiger partial charge in [-0.25, -0.2) is 0 Å². The van der Waals surface area contributed by atoms with Crippen LogP contribution in [0.2, 0.25) is 0 Å². The maximum atomic E-state index is 11.4. The van der Waals surface area contributed by atoms with Gasteiger partial charge < -0.3 is 18.9 Å².